The molecule has 0 rings (SSSR count). The second-order valence-corrected chi connectivity index (χ2v) is 11.6. The lowest BCUT2D eigenvalue weighted by molar-refractivity contribution is -0.152. The van der Waals surface area contributed by atoms with Crippen LogP contribution in [0.2, 0.25) is 0 Å². The molecule has 0 saturated heterocycles. The summed E-state index contributed by atoms with van der Waals surface area (Å²) < 4.78 is 10.2. The van der Waals surface area contributed by atoms with E-state index < -0.39 is 18.2 Å². The molecule has 6 nitrogen and oxygen atoms in total. The third-order valence-corrected chi connectivity index (χ3v) is 6.73. The molecule has 6 heteroatoms. The highest BCUT2D eigenvalue weighted by Crippen LogP contribution is 2.13. The van der Waals surface area contributed by atoms with Gasteiger partial charge in [0.2, 0.25) is 0 Å². The normalized spacial score (nSPS) is 14.0. The minimum Gasteiger partial charge on any atom is -0.463 e. The number of hydrogen-bond acceptors (Lipinski definition) is 6. The van der Waals surface area contributed by atoms with Gasteiger partial charge in [-0.25, -0.2) is 0 Å². The van der Waals surface area contributed by atoms with Crippen molar-refractivity contribution < 1.29 is 29.3 Å². The number of rotatable bonds is 28. The quantitative estimate of drug-likeness (QED) is 0.0395. The van der Waals surface area contributed by atoms with Crippen LogP contribution >= 0.6 is 0 Å². The Morgan fingerprint density at radius 2 is 1.18 bits per heavy atom. The second kappa shape index (κ2) is 31.7. The van der Waals surface area contributed by atoms with Crippen molar-refractivity contribution in [3.8, 4) is 0 Å². The van der Waals surface area contributed by atoms with Gasteiger partial charge >= 0.3 is 11.9 Å². The maximum absolute atomic E-state index is 11.9. The Kier molecular flexibility index (Phi) is 29.8. The van der Waals surface area contributed by atoms with Crippen LogP contribution in [-0.4, -0.2) is 47.6 Å². The Morgan fingerprint density at radius 1 is 0.636 bits per heavy atom. The molecule has 0 amide bonds. The molecule has 2 N–H and O–H groups in total. The van der Waals surface area contributed by atoms with Gasteiger partial charge in [0, 0.05) is 12.8 Å². The van der Waals surface area contributed by atoms with E-state index >= 15 is 0 Å². The summed E-state index contributed by atoms with van der Waals surface area (Å²) in [5, 5.41) is 20.0. The zero-order valence-corrected chi connectivity index (χ0v) is 27.9. The van der Waals surface area contributed by atoms with E-state index in [2.05, 4.69) is 57.2 Å². The summed E-state index contributed by atoms with van der Waals surface area (Å²) in [6, 6.07) is 0. The number of hydrogen-bond donors (Lipinski definition) is 2. The van der Waals surface area contributed by atoms with Crippen LogP contribution in [0.4, 0.5) is 0 Å². The van der Waals surface area contributed by atoms with Crippen LogP contribution in [0.1, 0.15) is 124 Å². The first-order valence-electron chi connectivity index (χ1n) is 17.0. The molecule has 1 unspecified atom stereocenters. The Bertz CT molecular complexity index is 865. The maximum Gasteiger partial charge on any atom is 0.306 e. The van der Waals surface area contributed by atoms with Crippen LogP contribution < -0.4 is 0 Å². The zero-order valence-electron chi connectivity index (χ0n) is 27.9. The minimum absolute atomic E-state index is 0.172. The highest BCUT2D eigenvalue weighted by atomic mass is 16.6. The lowest BCUT2D eigenvalue weighted by atomic mass is 10.0. The number of aliphatic hydroxyl groups excluding tert-OH is 2. The predicted molar refractivity (Wildman–Crippen MR) is 183 cm³/mol. The minimum atomic E-state index is -1.03. The van der Waals surface area contributed by atoms with Gasteiger partial charge in [-0.15, -0.1) is 0 Å². The monoisotopic (exact) mass is 614 g/mol. The number of ether oxygens (including phenoxy) is 2. The first-order chi connectivity index (χ1) is 21.3. The molecule has 0 aliphatic carbocycles. The number of carbonyl (C=O) groups is 2. The van der Waals surface area contributed by atoms with Crippen molar-refractivity contribution in [3.63, 3.8) is 0 Å². The van der Waals surface area contributed by atoms with Crippen LogP contribution in [0, 0.1) is 5.92 Å². The molecule has 0 aromatic heterocycles. The lowest BCUT2D eigenvalue weighted by Crippen LogP contribution is -2.25. The molecule has 0 heterocycles. The van der Waals surface area contributed by atoms with Crippen LogP contribution in [0.5, 0.6) is 0 Å². The zero-order chi connectivity index (χ0) is 32.5. The van der Waals surface area contributed by atoms with Gasteiger partial charge in [-0.3, -0.25) is 9.59 Å². The largest absolute Gasteiger partial charge is 0.463 e. The van der Waals surface area contributed by atoms with Crippen molar-refractivity contribution in [3.05, 3.63) is 72.9 Å². The Morgan fingerprint density at radius 3 is 1.80 bits per heavy atom. The number of aliphatic hydroxyl groups is 2. The molecule has 250 valence electrons. The van der Waals surface area contributed by atoms with Crippen LogP contribution in [0.25, 0.3) is 0 Å². The third-order valence-electron chi connectivity index (χ3n) is 6.73. The number of carbonyl (C=O) groups excluding carboxylic acids is 2. The van der Waals surface area contributed by atoms with E-state index in [1.165, 1.54) is 32.1 Å². The summed E-state index contributed by atoms with van der Waals surface area (Å²) in [7, 11) is 0. The highest BCUT2D eigenvalue weighted by Gasteiger charge is 2.11. The molecular weight excluding hydrogens is 552 g/mol. The van der Waals surface area contributed by atoms with E-state index in [0.717, 1.165) is 50.9 Å². The van der Waals surface area contributed by atoms with E-state index in [0.29, 0.717) is 19.3 Å². The topological polar surface area (TPSA) is 93.1 Å². The van der Waals surface area contributed by atoms with E-state index in [1.54, 1.807) is 6.08 Å². The van der Waals surface area contributed by atoms with Gasteiger partial charge in [0.05, 0.1) is 6.10 Å². The molecule has 0 aromatic carbocycles. The Hall–Kier alpha value is -2.70. The van der Waals surface area contributed by atoms with Crippen LogP contribution in [-0.2, 0) is 19.1 Å². The Labute approximate surface area is 268 Å². The van der Waals surface area contributed by atoms with Crippen molar-refractivity contribution in [2.24, 2.45) is 5.92 Å². The summed E-state index contributed by atoms with van der Waals surface area (Å²) in [6.07, 6.45) is 37.1. The molecule has 0 aliphatic heterocycles. The molecule has 44 heavy (non-hydrogen) atoms. The first kappa shape index (κ1) is 41.3. The van der Waals surface area contributed by atoms with Crippen molar-refractivity contribution in [1.29, 1.82) is 0 Å². The Balaban J connectivity index is 3.76. The average Bonchev–Trinajstić information content (AvgIpc) is 3.00. The van der Waals surface area contributed by atoms with Crippen molar-refractivity contribution in [1.82, 2.24) is 0 Å². The molecule has 0 spiro atoms. The van der Waals surface area contributed by atoms with Crippen molar-refractivity contribution in [2.45, 2.75) is 136 Å². The lowest BCUT2D eigenvalue weighted by Gasteiger charge is -2.12. The fourth-order valence-electron chi connectivity index (χ4n) is 4.14. The average molecular weight is 615 g/mol. The fraction of sp³-hybridized carbons (Fsp3) is 0.632. The molecule has 0 aromatic rings. The molecule has 0 aliphatic rings. The van der Waals surface area contributed by atoms with E-state index in [1.807, 2.05) is 30.4 Å². The molecule has 0 fully saturated rings. The standard InChI is InChI=1S/C38H62O6/c1-4-5-6-7-8-9-10-11-12-13-16-19-23-28-35(39)29-24-21-26-31-38(42)44-33-36(40)32-43-37(41)30-25-20-17-14-15-18-22-27-34(2)3/h5-6,8-9,11-12,16,19,21,23-24,28,34-36,39-40H,4,7,10,13-15,17-18,20,22,25-27,29-33H2,1-3H3/b6-5-,9-8-,12-11-,19-16-,24-21-,28-23-/t35?,36-/m1/s1. The van der Waals surface area contributed by atoms with E-state index in [9.17, 15) is 19.8 Å². The van der Waals surface area contributed by atoms with Crippen molar-refractivity contribution >= 4 is 11.9 Å². The summed E-state index contributed by atoms with van der Waals surface area (Å²) in [4.78, 5) is 23.8. The predicted octanol–water partition coefficient (Wildman–Crippen LogP) is 9.05. The van der Waals surface area contributed by atoms with E-state index in [-0.39, 0.29) is 25.6 Å². The summed E-state index contributed by atoms with van der Waals surface area (Å²) in [5.41, 5.74) is 0. The molecule has 2 atom stereocenters. The van der Waals surface area contributed by atoms with Crippen molar-refractivity contribution in [2.75, 3.05) is 13.2 Å². The number of allylic oxidation sites excluding steroid dienone is 10. The van der Waals surface area contributed by atoms with Crippen LogP contribution in [0.3, 0.4) is 0 Å². The van der Waals surface area contributed by atoms with E-state index in [4.69, 9.17) is 9.47 Å². The molecule has 0 saturated carbocycles. The highest BCUT2D eigenvalue weighted by molar-refractivity contribution is 5.70. The fourth-order valence-corrected chi connectivity index (χ4v) is 4.14. The summed E-state index contributed by atoms with van der Waals surface area (Å²) >= 11 is 0. The van der Waals surface area contributed by atoms with Gasteiger partial charge < -0.3 is 19.7 Å². The second-order valence-electron chi connectivity index (χ2n) is 11.6. The van der Waals surface area contributed by atoms with Gasteiger partial charge in [-0.2, -0.15) is 0 Å². The van der Waals surface area contributed by atoms with Gasteiger partial charge in [0.1, 0.15) is 19.3 Å². The van der Waals surface area contributed by atoms with Crippen LogP contribution in [0.15, 0.2) is 72.9 Å². The summed E-state index contributed by atoms with van der Waals surface area (Å²) in [5.74, 6) is 0.0271. The molecular formula is C38H62O6. The molecule has 0 bridgehead atoms. The number of esters is 2. The SMILES string of the molecule is CC/C=C\C/C=C\C/C=C\C/C=C\C=C/C(O)C/C=C\CCC(=O)OC[C@H](O)COC(=O)CCCCCCCCCC(C)C. The third kappa shape index (κ3) is 32.2. The van der Waals surface area contributed by atoms with Gasteiger partial charge in [0.15, 0.2) is 0 Å². The maximum atomic E-state index is 11.9. The molecule has 0 radical (unpaired) electrons. The number of unbranched alkanes of at least 4 members (excludes halogenated alkanes) is 6. The first-order valence-corrected chi connectivity index (χ1v) is 17.0. The van der Waals surface area contributed by atoms with Gasteiger partial charge in [-0.1, -0.05) is 139 Å². The van der Waals surface area contributed by atoms with Gasteiger partial charge in [0.25, 0.3) is 0 Å². The summed E-state index contributed by atoms with van der Waals surface area (Å²) in [6.45, 7) is 6.28. The smallest absolute Gasteiger partial charge is 0.306 e. The van der Waals surface area contributed by atoms with Gasteiger partial charge in [-0.05, 0) is 50.9 Å².